The Labute approximate surface area is 101 Å². The second kappa shape index (κ2) is 5.11. The van der Waals surface area contributed by atoms with Crippen molar-refractivity contribution in [2.24, 2.45) is 5.73 Å². The molecule has 90 valence electrons. The SMILES string of the molecule is NCc1nc(COc2ccc(F)c(Cl)c2)no1. The zero-order chi connectivity index (χ0) is 12.3. The maximum absolute atomic E-state index is 12.9. The number of nitrogens with zero attached hydrogens (tertiary/aromatic N) is 2. The second-order valence-corrected chi connectivity index (χ2v) is 3.58. The fourth-order valence-corrected chi connectivity index (χ4v) is 1.32. The van der Waals surface area contributed by atoms with Crippen LogP contribution >= 0.6 is 11.6 Å². The van der Waals surface area contributed by atoms with Gasteiger partial charge in [-0.25, -0.2) is 4.39 Å². The van der Waals surface area contributed by atoms with Crippen LogP contribution < -0.4 is 10.5 Å². The molecule has 0 bridgehead atoms. The summed E-state index contributed by atoms with van der Waals surface area (Å²) in [6, 6.07) is 4.06. The number of ether oxygens (including phenoxy) is 1. The Hall–Kier alpha value is -1.66. The molecule has 0 amide bonds. The summed E-state index contributed by atoms with van der Waals surface area (Å²) in [4.78, 5) is 3.95. The summed E-state index contributed by atoms with van der Waals surface area (Å²) in [5.74, 6) is 0.631. The Morgan fingerprint density at radius 3 is 2.94 bits per heavy atom. The van der Waals surface area contributed by atoms with Crippen molar-refractivity contribution in [1.82, 2.24) is 10.1 Å². The van der Waals surface area contributed by atoms with Gasteiger partial charge < -0.3 is 15.0 Å². The highest BCUT2D eigenvalue weighted by atomic mass is 35.5. The van der Waals surface area contributed by atoms with Crippen molar-refractivity contribution < 1.29 is 13.7 Å². The van der Waals surface area contributed by atoms with Crippen molar-refractivity contribution >= 4 is 11.6 Å². The smallest absolute Gasteiger partial charge is 0.240 e. The quantitative estimate of drug-likeness (QED) is 0.905. The van der Waals surface area contributed by atoms with Gasteiger partial charge in [0.2, 0.25) is 11.7 Å². The Balaban J connectivity index is 1.99. The van der Waals surface area contributed by atoms with Crippen LogP contribution in [0, 0.1) is 5.82 Å². The Bertz CT molecular complexity index is 518. The molecule has 5 nitrogen and oxygen atoms in total. The van der Waals surface area contributed by atoms with Crippen molar-refractivity contribution in [3.8, 4) is 5.75 Å². The van der Waals surface area contributed by atoms with Gasteiger partial charge in [0.25, 0.3) is 0 Å². The van der Waals surface area contributed by atoms with Gasteiger partial charge in [0, 0.05) is 6.07 Å². The largest absolute Gasteiger partial charge is 0.485 e. The topological polar surface area (TPSA) is 74.2 Å². The first kappa shape index (κ1) is 11.8. The molecule has 0 unspecified atom stereocenters. The van der Waals surface area contributed by atoms with Crippen LogP contribution in [0.3, 0.4) is 0 Å². The van der Waals surface area contributed by atoms with E-state index in [1.165, 1.54) is 18.2 Å². The lowest BCUT2D eigenvalue weighted by atomic mass is 10.3. The Morgan fingerprint density at radius 2 is 2.29 bits per heavy atom. The lowest BCUT2D eigenvalue weighted by molar-refractivity contribution is 0.285. The maximum Gasteiger partial charge on any atom is 0.240 e. The number of aromatic nitrogens is 2. The molecule has 0 fully saturated rings. The summed E-state index contributed by atoms with van der Waals surface area (Å²) in [7, 11) is 0. The number of hydrogen-bond acceptors (Lipinski definition) is 5. The summed E-state index contributed by atoms with van der Waals surface area (Å²) in [5, 5.41) is 3.64. The van der Waals surface area contributed by atoms with Crippen LogP contribution in [0.15, 0.2) is 22.7 Å². The third-order valence-electron chi connectivity index (χ3n) is 1.94. The van der Waals surface area contributed by atoms with Crippen LogP contribution in [0.5, 0.6) is 5.75 Å². The molecular formula is C10H9ClFN3O2. The van der Waals surface area contributed by atoms with Crippen LogP contribution in [0.25, 0.3) is 0 Å². The van der Waals surface area contributed by atoms with E-state index in [2.05, 4.69) is 10.1 Å². The minimum Gasteiger partial charge on any atom is -0.485 e. The van der Waals surface area contributed by atoms with E-state index in [4.69, 9.17) is 26.6 Å². The molecule has 1 aromatic carbocycles. The fraction of sp³-hybridized carbons (Fsp3) is 0.200. The lowest BCUT2D eigenvalue weighted by Gasteiger charge is -2.03. The molecule has 0 saturated heterocycles. The van der Waals surface area contributed by atoms with Crippen molar-refractivity contribution in [2.75, 3.05) is 0 Å². The first-order chi connectivity index (χ1) is 8.19. The number of rotatable bonds is 4. The number of benzene rings is 1. The van der Waals surface area contributed by atoms with Crippen LogP contribution in [-0.4, -0.2) is 10.1 Å². The summed E-state index contributed by atoms with van der Waals surface area (Å²) < 4.78 is 23.0. The van der Waals surface area contributed by atoms with Crippen LogP contribution in [0.1, 0.15) is 11.7 Å². The Kier molecular flexibility index (Phi) is 3.55. The van der Waals surface area contributed by atoms with Crippen LogP contribution in [0.2, 0.25) is 5.02 Å². The van der Waals surface area contributed by atoms with Crippen molar-refractivity contribution in [3.05, 3.63) is 40.8 Å². The van der Waals surface area contributed by atoms with Crippen LogP contribution in [-0.2, 0) is 13.2 Å². The van der Waals surface area contributed by atoms with Gasteiger partial charge >= 0.3 is 0 Å². The first-order valence-electron chi connectivity index (χ1n) is 4.78. The van der Waals surface area contributed by atoms with E-state index in [1.54, 1.807) is 0 Å². The predicted molar refractivity (Wildman–Crippen MR) is 57.9 cm³/mol. The second-order valence-electron chi connectivity index (χ2n) is 3.17. The highest BCUT2D eigenvalue weighted by Gasteiger charge is 2.06. The summed E-state index contributed by atoms with van der Waals surface area (Å²) in [6.07, 6.45) is 0. The molecular weight excluding hydrogens is 249 g/mol. The summed E-state index contributed by atoms with van der Waals surface area (Å²) >= 11 is 5.60. The van der Waals surface area contributed by atoms with Gasteiger partial charge in [0.15, 0.2) is 6.61 Å². The molecule has 2 N–H and O–H groups in total. The predicted octanol–water partition coefficient (Wildman–Crippen LogP) is 1.90. The van der Waals surface area contributed by atoms with E-state index < -0.39 is 5.82 Å². The molecule has 1 aromatic heterocycles. The number of halogens is 2. The molecule has 7 heteroatoms. The van der Waals surface area contributed by atoms with Gasteiger partial charge in [-0.3, -0.25) is 0 Å². The van der Waals surface area contributed by atoms with Gasteiger partial charge in [0.05, 0.1) is 11.6 Å². The monoisotopic (exact) mass is 257 g/mol. The first-order valence-corrected chi connectivity index (χ1v) is 5.16. The molecule has 1 heterocycles. The van der Waals surface area contributed by atoms with E-state index in [9.17, 15) is 4.39 Å². The van der Waals surface area contributed by atoms with E-state index in [0.29, 0.717) is 17.5 Å². The van der Waals surface area contributed by atoms with E-state index in [-0.39, 0.29) is 18.2 Å². The van der Waals surface area contributed by atoms with E-state index in [0.717, 1.165) is 0 Å². The standard InChI is InChI=1S/C10H9ClFN3O2/c11-7-3-6(1-2-8(7)12)16-5-9-14-10(4-13)17-15-9/h1-3H,4-5,13H2. The summed E-state index contributed by atoms with van der Waals surface area (Å²) in [6.45, 7) is 0.279. The third kappa shape index (κ3) is 2.92. The van der Waals surface area contributed by atoms with Crippen molar-refractivity contribution in [2.45, 2.75) is 13.2 Å². The van der Waals surface area contributed by atoms with Crippen molar-refractivity contribution in [3.63, 3.8) is 0 Å². The van der Waals surface area contributed by atoms with E-state index >= 15 is 0 Å². The van der Waals surface area contributed by atoms with E-state index in [1.807, 2.05) is 0 Å². The highest BCUT2D eigenvalue weighted by Crippen LogP contribution is 2.21. The molecule has 0 spiro atoms. The maximum atomic E-state index is 12.9. The molecule has 0 radical (unpaired) electrons. The van der Waals surface area contributed by atoms with Gasteiger partial charge in [-0.05, 0) is 12.1 Å². The van der Waals surface area contributed by atoms with Gasteiger partial charge in [0.1, 0.15) is 11.6 Å². The minimum absolute atomic E-state index is 0.00161. The third-order valence-corrected chi connectivity index (χ3v) is 2.23. The molecule has 0 saturated carbocycles. The molecule has 0 atom stereocenters. The molecule has 17 heavy (non-hydrogen) atoms. The molecule has 0 aliphatic rings. The lowest BCUT2D eigenvalue weighted by Crippen LogP contribution is -2.00. The molecule has 2 aromatic rings. The fourth-order valence-electron chi connectivity index (χ4n) is 1.15. The zero-order valence-corrected chi connectivity index (χ0v) is 9.45. The molecule has 2 rings (SSSR count). The number of nitrogens with two attached hydrogens (primary N) is 1. The average molecular weight is 258 g/mol. The highest BCUT2D eigenvalue weighted by molar-refractivity contribution is 6.30. The summed E-state index contributed by atoms with van der Waals surface area (Å²) in [5.41, 5.74) is 5.31. The van der Waals surface area contributed by atoms with Crippen molar-refractivity contribution in [1.29, 1.82) is 0 Å². The van der Waals surface area contributed by atoms with Crippen LogP contribution in [0.4, 0.5) is 4.39 Å². The normalized spacial score (nSPS) is 10.5. The van der Waals surface area contributed by atoms with Gasteiger partial charge in [-0.15, -0.1) is 0 Å². The molecule has 0 aliphatic carbocycles. The Morgan fingerprint density at radius 1 is 1.47 bits per heavy atom. The zero-order valence-electron chi connectivity index (χ0n) is 8.69. The van der Waals surface area contributed by atoms with Gasteiger partial charge in [-0.2, -0.15) is 4.98 Å². The average Bonchev–Trinajstić information content (AvgIpc) is 2.79. The molecule has 0 aliphatic heterocycles. The minimum atomic E-state index is -0.496. The van der Waals surface area contributed by atoms with Gasteiger partial charge in [-0.1, -0.05) is 16.8 Å². The number of hydrogen-bond donors (Lipinski definition) is 1.